The first-order valence-electron chi connectivity index (χ1n) is 12.2. The van der Waals surface area contributed by atoms with Crippen molar-refractivity contribution < 1.29 is 0 Å². The Morgan fingerprint density at radius 2 is 1.88 bits per heavy atom. The number of nitrogens with one attached hydrogen (secondary N) is 1. The van der Waals surface area contributed by atoms with Crippen molar-refractivity contribution >= 4 is 10.9 Å². The summed E-state index contributed by atoms with van der Waals surface area (Å²) in [7, 11) is 0. The Labute approximate surface area is 189 Å². The maximum absolute atomic E-state index is 13.5. The van der Waals surface area contributed by atoms with E-state index in [4.69, 9.17) is 0 Å². The molecular formula is C25H34N6O. The molecule has 1 aliphatic carbocycles. The number of rotatable bonds is 4. The summed E-state index contributed by atoms with van der Waals surface area (Å²) in [5.74, 6) is 1.41. The van der Waals surface area contributed by atoms with Crippen molar-refractivity contribution in [2.24, 2.45) is 5.92 Å². The molecule has 5 rings (SSSR count). The first kappa shape index (κ1) is 21.3. The van der Waals surface area contributed by atoms with E-state index in [1.165, 1.54) is 31.2 Å². The van der Waals surface area contributed by atoms with Crippen LogP contribution in [-0.2, 0) is 0 Å². The molecule has 0 spiro atoms. The predicted octanol–water partition coefficient (Wildman–Crippen LogP) is 4.46. The first-order valence-corrected chi connectivity index (χ1v) is 12.2. The Morgan fingerprint density at radius 1 is 1.06 bits per heavy atom. The third-order valence-electron chi connectivity index (χ3n) is 7.35. The molecule has 170 valence electrons. The van der Waals surface area contributed by atoms with Crippen molar-refractivity contribution in [3.63, 3.8) is 0 Å². The van der Waals surface area contributed by atoms with Crippen LogP contribution in [0, 0.1) is 19.8 Å². The van der Waals surface area contributed by atoms with E-state index in [1.54, 1.807) is 0 Å². The van der Waals surface area contributed by atoms with Crippen molar-refractivity contribution in [2.75, 3.05) is 13.1 Å². The topological polar surface area (TPSA) is 79.7 Å². The van der Waals surface area contributed by atoms with Crippen LogP contribution < -0.4 is 5.56 Å². The van der Waals surface area contributed by atoms with Crippen LogP contribution >= 0.6 is 0 Å². The van der Waals surface area contributed by atoms with Crippen LogP contribution in [0.15, 0.2) is 23.0 Å². The average Bonchev–Trinajstić information content (AvgIpc) is 3.25. The number of piperidine rings is 1. The lowest BCUT2D eigenvalue weighted by Gasteiger charge is -2.37. The standard InChI is InChI=1S/C25H34N6O/c1-16-8-7-11-30(15-16)23(24-27-28-29-31(24)20-9-5-4-6-10-20)21-14-19-13-17(2)12-18(3)22(19)26-25(21)32/h12-14,16,20,23H,4-11,15H2,1-3H3,(H,26,32)/t16-,23+/m0/s1. The number of nitrogens with zero attached hydrogens (tertiary/aromatic N) is 5. The fourth-order valence-corrected chi connectivity index (χ4v) is 5.83. The number of fused-ring (bicyclic) bond motifs is 1. The minimum absolute atomic E-state index is 0.0362. The fraction of sp³-hybridized carbons (Fsp3) is 0.600. The molecule has 1 saturated heterocycles. The molecule has 7 nitrogen and oxygen atoms in total. The van der Waals surface area contributed by atoms with E-state index < -0.39 is 0 Å². The van der Waals surface area contributed by atoms with E-state index in [0.29, 0.717) is 12.0 Å². The summed E-state index contributed by atoms with van der Waals surface area (Å²) < 4.78 is 2.04. The van der Waals surface area contributed by atoms with Crippen LogP contribution in [0.3, 0.4) is 0 Å². The zero-order chi connectivity index (χ0) is 22.2. The second kappa shape index (κ2) is 8.77. The molecule has 1 N–H and O–H groups in total. The number of likely N-dealkylation sites (tertiary alicyclic amines) is 1. The minimum atomic E-state index is -0.233. The molecule has 1 saturated carbocycles. The van der Waals surface area contributed by atoms with Crippen LogP contribution in [0.4, 0.5) is 0 Å². The van der Waals surface area contributed by atoms with Gasteiger partial charge in [-0.15, -0.1) is 5.10 Å². The Balaban J connectivity index is 1.66. The summed E-state index contributed by atoms with van der Waals surface area (Å²) in [6.45, 7) is 8.36. The predicted molar refractivity (Wildman–Crippen MR) is 126 cm³/mol. The van der Waals surface area contributed by atoms with Gasteiger partial charge in [0.25, 0.3) is 5.56 Å². The number of aryl methyl sites for hydroxylation is 2. The third kappa shape index (κ3) is 3.98. The highest BCUT2D eigenvalue weighted by Crippen LogP contribution is 2.35. The monoisotopic (exact) mass is 434 g/mol. The van der Waals surface area contributed by atoms with Gasteiger partial charge in [0.15, 0.2) is 5.82 Å². The minimum Gasteiger partial charge on any atom is -0.321 e. The molecule has 2 fully saturated rings. The van der Waals surface area contributed by atoms with Crippen LogP contribution in [0.5, 0.6) is 0 Å². The van der Waals surface area contributed by atoms with E-state index in [0.717, 1.165) is 60.2 Å². The molecule has 3 heterocycles. The largest absolute Gasteiger partial charge is 0.321 e. The van der Waals surface area contributed by atoms with Gasteiger partial charge in [-0.2, -0.15) is 0 Å². The van der Waals surface area contributed by atoms with Crippen molar-refractivity contribution in [3.05, 3.63) is 51.1 Å². The Bertz CT molecular complexity index is 1160. The van der Waals surface area contributed by atoms with Gasteiger partial charge in [-0.1, -0.05) is 37.8 Å². The molecule has 0 amide bonds. The van der Waals surface area contributed by atoms with Gasteiger partial charge in [-0.25, -0.2) is 4.68 Å². The number of pyridine rings is 1. The molecule has 1 aliphatic heterocycles. The van der Waals surface area contributed by atoms with Crippen molar-refractivity contribution in [2.45, 2.75) is 77.8 Å². The maximum Gasteiger partial charge on any atom is 0.253 e. The summed E-state index contributed by atoms with van der Waals surface area (Å²) in [6.07, 6.45) is 8.27. The van der Waals surface area contributed by atoms with Crippen LogP contribution in [0.25, 0.3) is 10.9 Å². The highest BCUT2D eigenvalue weighted by atomic mass is 16.1. The third-order valence-corrected chi connectivity index (χ3v) is 7.35. The van der Waals surface area contributed by atoms with Crippen LogP contribution in [0.1, 0.15) is 86.5 Å². The molecule has 0 bridgehead atoms. The fourth-order valence-electron chi connectivity index (χ4n) is 5.83. The van der Waals surface area contributed by atoms with Gasteiger partial charge < -0.3 is 4.98 Å². The summed E-state index contributed by atoms with van der Waals surface area (Å²) in [5.41, 5.74) is 3.93. The Hall–Kier alpha value is -2.54. The highest BCUT2D eigenvalue weighted by molar-refractivity contribution is 5.83. The molecule has 2 atom stereocenters. The highest BCUT2D eigenvalue weighted by Gasteiger charge is 2.34. The number of benzene rings is 1. The molecule has 3 aromatic rings. The second-order valence-electron chi connectivity index (χ2n) is 10.0. The van der Waals surface area contributed by atoms with Gasteiger partial charge in [0, 0.05) is 12.1 Å². The molecule has 0 unspecified atom stereocenters. The summed E-state index contributed by atoms with van der Waals surface area (Å²) >= 11 is 0. The number of hydrogen-bond donors (Lipinski definition) is 1. The van der Waals surface area contributed by atoms with Gasteiger partial charge in [0.2, 0.25) is 0 Å². The van der Waals surface area contributed by atoms with Crippen molar-refractivity contribution in [3.8, 4) is 0 Å². The average molecular weight is 435 g/mol. The van der Waals surface area contributed by atoms with Crippen LogP contribution in [-0.4, -0.2) is 43.2 Å². The van der Waals surface area contributed by atoms with E-state index >= 15 is 0 Å². The number of aromatic amines is 1. The number of aromatic nitrogens is 5. The molecule has 7 heteroatoms. The summed E-state index contributed by atoms with van der Waals surface area (Å²) in [5, 5.41) is 14.1. The Morgan fingerprint density at radius 3 is 2.66 bits per heavy atom. The lowest BCUT2D eigenvalue weighted by Crippen LogP contribution is -2.41. The molecule has 2 aliphatic rings. The number of tetrazole rings is 1. The van der Waals surface area contributed by atoms with Crippen LogP contribution in [0.2, 0.25) is 0 Å². The lowest BCUT2D eigenvalue weighted by molar-refractivity contribution is 0.138. The molecule has 1 aromatic carbocycles. The SMILES string of the molecule is Cc1cc(C)c2[nH]c(=O)c([C@H](c3nnnn3C3CCCCC3)N3CCC[C@H](C)C3)cc2c1. The zero-order valence-corrected chi connectivity index (χ0v) is 19.5. The van der Waals surface area contributed by atoms with Crippen molar-refractivity contribution in [1.82, 2.24) is 30.1 Å². The smallest absolute Gasteiger partial charge is 0.253 e. The van der Waals surface area contributed by atoms with E-state index in [9.17, 15) is 4.79 Å². The van der Waals surface area contributed by atoms with Gasteiger partial charge in [0.1, 0.15) is 6.04 Å². The van der Waals surface area contributed by atoms with Crippen molar-refractivity contribution in [1.29, 1.82) is 0 Å². The molecule has 2 aromatic heterocycles. The molecule has 32 heavy (non-hydrogen) atoms. The second-order valence-corrected chi connectivity index (χ2v) is 10.0. The van der Waals surface area contributed by atoms with E-state index in [1.807, 2.05) is 4.68 Å². The Kier molecular flexibility index (Phi) is 5.84. The first-order chi connectivity index (χ1) is 15.5. The number of hydrogen-bond acceptors (Lipinski definition) is 5. The van der Waals surface area contributed by atoms with E-state index in [-0.39, 0.29) is 11.6 Å². The van der Waals surface area contributed by atoms with Gasteiger partial charge in [-0.3, -0.25) is 9.69 Å². The van der Waals surface area contributed by atoms with E-state index in [2.05, 4.69) is 64.4 Å². The molecular weight excluding hydrogens is 400 g/mol. The lowest BCUT2D eigenvalue weighted by atomic mass is 9.93. The summed E-state index contributed by atoms with van der Waals surface area (Å²) in [4.78, 5) is 19.1. The number of H-pyrrole nitrogens is 1. The van der Waals surface area contributed by atoms with Gasteiger partial charge in [-0.05, 0) is 85.5 Å². The van der Waals surface area contributed by atoms with Gasteiger partial charge in [0.05, 0.1) is 11.6 Å². The van der Waals surface area contributed by atoms with Gasteiger partial charge >= 0.3 is 0 Å². The molecule has 0 radical (unpaired) electrons. The zero-order valence-electron chi connectivity index (χ0n) is 19.5. The quantitative estimate of drug-likeness (QED) is 0.656. The normalized spacial score (nSPS) is 21.8. The summed E-state index contributed by atoms with van der Waals surface area (Å²) in [6, 6.07) is 6.44. The maximum atomic E-state index is 13.5.